The fourth-order valence-corrected chi connectivity index (χ4v) is 5.81. The highest BCUT2D eigenvalue weighted by Crippen LogP contribution is 2.38. The van der Waals surface area contributed by atoms with Crippen molar-refractivity contribution in [2.75, 3.05) is 20.3 Å². The minimum atomic E-state index is -0.391. The third kappa shape index (κ3) is 6.20. The zero-order valence-electron chi connectivity index (χ0n) is 20.9. The van der Waals surface area contributed by atoms with E-state index in [1.54, 1.807) is 19.3 Å². The van der Waals surface area contributed by atoms with E-state index in [2.05, 4.69) is 40.8 Å². The smallest absolute Gasteiger partial charge is 0.293 e. The number of halogens is 2. The van der Waals surface area contributed by atoms with Gasteiger partial charge in [-0.05, 0) is 98.7 Å². The van der Waals surface area contributed by atoms with Crippen LogP contribution < -0.4 is 14.2 Å². The molecule has 0 bridgehead atoms. The molecule has 4 aromatic carbocycles. The average Bonchev–Trinajstić information content (AvgIpc) is 3.20. The van der Waals surface area contributed by atoms with E-state index < -0.39 is 5.91 Å². The van der Waals surface area contributed by atoms with E-state index in [1.807, 2.05) is 30.3 Å². The monoisotopic (exact) mass is 655 g/mol. The predicted molar refractivity (Wildman–Crippen MR) is 159 cm³/mol. The lowest BCUT2D eigenvalue weighted by Crippen LogP contribution is -2.32. The Morgan fingerprint density at radius 1 is 0.974 bits per heavy atom. The lowest BCUT2D eigenvalue weighted by molar-refractivity contribution is -0.123. The first-order valence-electron chi connectivity index (χ1n) is 12.0. The molecule has 0 unspecified atom stereocenters. The molecule has 5 rings (SSSR count). The molecule has 1 heterocycles. The number of nitrogens with zero attached hydrogens (tertiary/aromatic N) is 1. The van der Waals surface area contributed by atoms with Crippen molar-refractivity contribution in [3.05, 3.63) is 104 Å². The van der Waals surface area contributed by atoms with Crippen LogP contribution in [-0.2, 0) is 11.4 Å². The van der Waals surface area contributed by atoms with Gasteiger partial charge >= 0.3 is 0 Å². The first-order chi connectivity index (χ1) is 18.9. The van der Waals surface area contributed by atoms with E-state index in [4.69, 9.17) is 14.2 Å². The number of thioether (sulfide) groups is 1. The van der Waals surface area contributed by atoms with E-state index in [0.717, 1.165) is 36.6 Å². The summed E-state index contributed by atoms with van der Waals surface area (Å²) in [6, 6.07) is 23.5. The van der Waals surface area contributed by atoms with Crippen LogP contribution in [0.3, 0.4) is 0 Å². The molecule has 0 N–H and O–H groups in total. The van der Waals surface area contributed by atoms with Gasteiger partial charge in [0.25, 0.3) is 11.1 Å². The van der Waals surface area contributed by atoms with Gasteiger partial charge in [0.05, 0.1) is 22.1 Å². The molecular formula is C30H23FINO5S. The van der Waals surface area contributed by atoms with Crippen molar-refractivity contribution in [1.82, 2.24) is 4.90 Å². The van der Waals surface area contributed by atoms with E-state index in [9.17, 15) is 14.0 Å². The SMILES string of the molecule is COc1cc(/C=C2\SC(=O)N(CCOc3ccc(F)cc3)C2=O)cc(I)c1OCc1cccc2ccccc12. The molecule has 0 aliphatic carbocycles. The third-order valence-electron chi connectivity index (χ3n) is 6.07. The number of carbonyl (C=O) groups is 2. The summed E-state index contributed by atoms with van der Waals surface area (Å²) in [5, 5.41) is 1.90. The first kappa shape index (κ1) is 27.0. The van der Waals surface area contributed by atoms with Crippen LogP contribution in [0.2, 0.25) is 0 Å². The molecule has 1 aliphatic heterocycles. The fourth-order valence-electron chi connectivity index (χ4n) is 4.16. The molecule has 0 atom stereocenters. The second-order valence-electron chi connectivity index (χ2n) is 8.60. The van der Waals surface area contributed by atoms with Crippen molar-refractivity contribution >= 4 is 62.3 Å². The molecule has 198 valence electrons. The molecule has 1 saturated heterocycles. The minimum Gasteiger partial charge on any atom is -0.493 e. The van der Waals surface area contributed by atoms with Crippen molar-refractivity contribution < 1.29 is 28.2 Å². The summed E-state index contributed by atoms with van der Waals surface area (Å²) in [5.41, 5.74) is 1.77. The van der Waals surface area contributed by atoms with Crippen molar-refractivity contribution in [1.29, 1.82) is 0 Å². The Labute approximate surface area is 242 Å². The molecule has 1 fully saturated rings. The van der Waals surface area contributed by atoms with Crippen LogP contribution in [-0.4, -0.2) is 36.3 Å². The topological polar surface area (TPSA) is 65.1 Å². The maximum absolute atomic E-state index is 13.1. The van der Waals surface area contributed by atoms with E-state index in [0.29, 0.717) is 34.3 Å². The van der Waals surface area contributed by atoms with Crippen LogP contribution in [0.5, 0.6) is 17.2 Å². The highest BCUT2D eigenvalue weighted by molar-refractivity contribution is 14.1. The number of hydrogen-bond acceptors (Lipinski definition) is 6. The van der Waals surface area contributed by atoms with Gasteiger partial charge in [0, 0.05) is 0 Å². The lowest BCUT2D eigenvalue weighted by Gasteiger charge is -2.15. The molecule has 6 nitrogen and oxygen atoms in total. The Kier molecular flexibility index (Phi) is 8.37. The zero-order valence-corrected chi connectivity index (χ0v) is 23.8. The maximum Gasteiger partial charge on any atom is 0.293 e. The van der Waals surface area contributed by atoms with Gasteiger partial charge in [-0.2, -0.15) is 0 Å². The summed E-state index contributed by atoms with van der Waals surface area (Å²) in [4.78, 5) is 26.9. The summed E-state index contributed by atoms with van der Waals surface area (Å²) < 4.78 is 31.2. The average molecular weight is 655 g/mol. The Morgan fingerprint density at radius 2 is 1.74 bits per heavy atom. The number of ether oxygens (including phenoxy) is 3. The summed E-state index contributed by atoms with van der Waals surface area (Å²) in [6.07, 6.45) is 1.67. The van der Waals surface area contributed by atoms with Crippen LogP contribution in [0.25, 0.3) is 16.8 Å². The lowest BCUT2D eigenvalue weighted by atomic mass is 10.1. The summed E-state index contributed by atoms with van der Waals surface area (Å²) in [6.45, 7) is 0.554. The van der Waals surface area contributed by atoms with Gasteiger partial charge in [-0.25, -0.2) is 4.39 Å². The standard InChI is InChI=1S/C30H23FINO5S/c1-36-26-16-19(15-25(32)28(26)38-18-21-7-4-6-20-5-2-3-8-24(20)21)17-27-29(34)33(30(35)39-27)13-14-37-23-11-9-22(31)10-12-23/h2-12,15-17H,13-14,18H2,1H3/b27-17-. The summed E-state index contributed by atoms with van der Waals surface area (Å²) >= 11 is 3.05. The van der Waals surface area contributed by atoms with Gasteiger partial charge < -0.3 is 14.2 Å². The van der Waals surface area contributed by atoms with Gasteiger partial charge in [-0.3, -0.25) is 14.5 Å². The van der Waals surface area contributed by atoms with Crippen LogP contribution >= 0.6 is 34.4 Å². The summed E-state index contributed by atoms with van der Waals surface area (Å²) in [5.74, 6) is 0.838. The Morgan fingerprint density at radius 3 is 2.54 bits per heavy atom. The minimum absolute atomic E-state index is 0.0845. The van der Waals surface area contributed by atoms with Gasteiger partial charge in [0.1, 0.15) is 24.8 Å². The Bertz CT molecular complexity index is 1570. The van der Waals surface area contributed by atoms with Gasteiger partial charge in [0.15, 0.2) is 11.5 Å². The highest BCUT2D eigenvalue weighted by atomic mass is 127. The quantitative estimate of drug-likeness (QED) is 0.140. The molecule has 1 aliphatic rings. The molecule has 0 saturated carbocycles. The second-order valence-corrected chi connectivity index (χ2v) is 10.8. The number of fused-ring (bicyclic) bond motifs is 1. The molecule has 2 amide bonds. The Hall–Kier alpha value is -3.57. The van der Waals surface area contributed by atoms with Gasteiger partial charge in [-0.1, -0.05) is 42.5 Å². The number of amides is 2. The maximum atomic E-state index is 13.1. The van der Waals surface area contributed by atoms with E-state index in [-0.39, 0.29) is 24.2 Å². The van der Waals surface area contributed by atoms with Crippen LogP contribution in [0.1, 0.15) is 11.1 Å². The normalized spacial score (nSPS) is 14.3. The molecule has 9 heteroatoms. The number of benzene rings is 4. The largest absolute Gasteiger partial charge is 0.493 e. The van der Waals surface area contributed by atoms with Crippen molar-refractivity contribution in [3.8, 4) is 17.2 Å². The van der Waals surface area contributed by atoms with Gasteiger partial charge in [0.2, 0.25) is 0 Å². The summed E-state index contributed by atoms with van der Waals surface area (Å²) in [7, 11) is 1.56. The molecule has 39 heavy (non-hydrogen) atoms. The number of rotatable bonds is 9. The molecule has 0 aromatic heterocycles. The van der Waals surface area contributed by atoms with Gasteiger partial charge in [-0.15, -0.1) is 0 Å². The zero-order chi connectivity index (χ0) is 27.4. The van der Waals surface area contributed by atoms with Crippen LogP contribution in [0.15, 0.2) is 83.8 Å². The molecule has 0 spiro atoms. The number of carbonyl (C=O) groups excluding carboxylic acids is 2. The van der Waals surface area contributed by atoms with E-state index in [1.165, 1.54) is 24.3 Å². The Balaban J connectivity index is 1.28. The van der Waals surface area contributed by atoms with Crippen molar-refractivity contribution in [2.45, 2.75) is 6.61 Å². The predicted octanol–water partition coefficient (Wildman–Crippen LogP) is 7.29. The molecule has 0 radical (unpaired) electrons. The third-order valence-corrected chi connectivity index (χ3v) is 7.78. The number of hydrogen-bond donors (Lipinski definition) is 0. The molecular weight excluding hydrogens is 632 g/mol. The first-order valence-corrected chi connectivity index (χ1v) is 13.9. The van der Waals surface area contributed by atoms with Crippen molar-refractivity contribution in [2.24, 2.45) is 0 Å². The van der Waals surface area contributed by atoms with E-state index >= 15 is 0 Å². The van der Waals surface area contributed by atoms with Crippen LogP contribution in [0.4, 0.5) is 9.18 Å². The second kappa shape index (κ2) is 12.1. The fraction of sp³-hybridized carbons (Fsp3) is 0.133. The van der Waals surface area contributed by atoms with Crippen LogP contribution in [0, 0.1) is 9.39 Å². The highest BCUT2D eigenvalue weighted by Gasteiger charge is 2.35. The molecule has 4 aromatic rings. The van der Waals surface area contributed by atoms with Crippen molar-refractivity contribution in [3.63, 3.8) is 0 Å². The number of methoxy groups -OCH3 is 1. The number of imide groups is 1.